The van der Waals surface area contributed by atoms with Gasteiger partial charge in [-0.15, -0.1) is 0 Å². The van der Waals surface area contributed by atoms with Crippen LogP contribution >= 0.6 is 0 Å². The number of pyridine rings is 1. The highest BCUT2D eigenvalue weighted by Crippen LogP contribution is 2.26. The van der Waals surface area contributed by atoms with Gasteiger partial charge in [-0.2, -0.15) is 0 Å². The van der Waals surface area contributed by atoms with E-state index in [-0.39, 0.29) is 11.8 Å². The van der Waals surface area contributed by atoms with Crippen molar-refractivity contribution in [3.05, 3.63) is 59.9 Å². The molecule has 0 bridgehead atoms. The second-order valence-electron chi connectivity index (χ2n) is 5.18. The highest BCUT2D eigenvalue weighted by molar-refractivity contribution is 5.79. The Morgan fingerprint density at radius 1 is 1.24 bits per heavy atom. The van der Waals surface area contributed by atoms with Gasteiger partial charge in [0.25, 0.3) is 0 Å². The number of nitrogens with one attached hydrogen (secondary N) is 1. The van der Waals surface area contributed by atoms with Crippen LogP contribution in [-0.2, 0) is 17.6 Å². The van der Waals surface area contributed by atoms with E-state index >= 15 is 0 Å². The molecule has 1 N–H and O–H groups in total. The van der Waals surface area contributed by atoms with Gasteiger partial charge < -0.3 is 10.1 Å². The van der Waals surface area contributed by atoms with Gasteiger partial charge in [0, 0.05) is 24.9 Å². The van der Waals surface area contributed by atoms with Crippen LogP contribution in [0.1, 0.15) is 11.3 Å². The Morgan fingerprint density at radius 2 is 2.10 bits per heavy atom. The molecule has 108 valence electrons. The molecule has 0 radical (unpaired) electrons. The van der Waals surface area contributed by atoms with E-state index in [1.165, 1.54) is 0 Å². The Labute approximate surface area is 124 Å². The number of fused-ring (bicyclic) bond motifs is 1. The van der Waals surface area contributed by atoms with E-state index in [0.717, 1.165) is 29.8 Å². The lowest BCUT2D eigenvalue weighted by atomic mass is 9.96. The van der Waals surface area contributed by atoms with E-state index in [1.54, 1.807) is 6.20 Å². The lowest BCUT2D eigenvalue weighted by Gasteiger charge is -2.24. The molecule has 4 heteroatoms. The molecular formula is C17H18N2O2. The van der Waals surface area contributed by atoms with Crippen LogP contribution in [0.4, 0.5) is 0 Å². The highest BCUT2D eigenvalue weighted by Gasteiger charge is 2.25. The number of carbonyl (C=O) groups excluding carboxylic acids is 1. The summed E-state index contributed by atoms with van der Waals surface area (Å²) in [6.45, 7) is 1.06. The average molecular weight is 282 g/mol. The Kier molecular flexibility index (Phi) is 4.15. The molecule has 1 amide bonds. The van der Waals surface area contributed by atoms with Crippen molar-refractivity contribution in [2.75, 3.05) is 13.2 Å². The lowest BCUT2D eigenvalue weighted by molar-refractivity contribution is -0.126. The zero-order valence-corrected chi connectivity index (χ0v) is 11.8. The summed E-state index contributed by atoms with van der Waals surface area (Å²) in [5.41, 5.74) is 2.09. The first-order valence-electron chi connectivity index (χ1n) is 7.21. The second-order valence-corrected chi connectivity index (χ2v) is 5.18. The Morgan fingerprint density at radius 3 is 2.95 bits per heavy atom. The molecule has 3 rings (SSSR count). The number of aromatic nitrogens is 1. The number of hydrogen-bond donors (Lipinski definition) is 1. The molecule has 4 nitrogen and oxygen atoms in total. The molecule has 1 aliphatic rings. The topological polar surface area (TPSA) is 51.2 Å². The first kappa shape index (κ1) is 13.6. The monoisotopic (exact) mass is 282 g/mol. The molecular weight excluding hydrogens is 264 g/mol. The first-order valence-corrected chi connectivity index (χ1v) is 7.21. The van der Waals surface area contributed by atoms with Gasteiger partial charge in [-0.25, -0.2) is 0 Å². The minimum absolute atomic E-state index is 0.0560. The summed E-state index contributed by atoms with van der Waals surface area (Å²) >= 11 is 0. The predicted molar refractivity (Wildman–Crippen MR) is 80.1 cm³/mol. The normalized spacial score (nSPS) is 16.7. The number of nitrogens with zero attached hydrogens (tertiary/aromatic N) is 1. The van der Waals surface area contributed by atoms with Crippen LogP contribution in [0, 0.1) is 5.92 Å². The third kappa shape index (κ3) is 3.40. The van der Waals surface area contributed by atoms with E-state index in [9.17, 15) is 4.79 Å². The molecule has 0 unspecified atom stereocenters. The second kappa shape index (κ2) is 6.39. The van der Waals surface area contributed by atoms with Gasteiger partial charge in [0.15, 0.2) is 0 Å². The number of ether oxygens (including phenoxy) is 1. The zero-order valence-electron chi connectivity index (χ0n) is 11.8. The van der Waals surface area contributed by atoms with Gasteiger partial charge in [0.2, 0.25) is 5.91 Å². The lowest BCUT2D eigenvalue weighted by Crippen LogP contribution is -2.38. The quantitative estimate of drug-likeness (QED) is 0.933. The fourth-order valence-corrected chi connectivity index (χ4v) is 2.50. The molecule has 1 atom stereocenters. The van der Waals surface area contributed by atoms with Crippen LogP contribution in [0.2, 0.25) is 0 Å². The van der Waals surface area contributed by atoms with Gasteiger partial charge in [-0.3, -0.25) is 9.78 Å². The molecule has 2 aromatic rings. The van der Waals surface area contributed by atoms with Gasteiger partial charge >= 0.3 is 0 Å². The SMILES string of the molecule is O=C(NCCc1ccccn1)[C@@H]1COc2ccccc2C1. The Bertz CT molecular complexity index is 613. The van der Waals surface area contributed by atoms with E-state index in [4.69, 9.17) is 4.74 Å². The first-order chi connectivity index (χ1) is 10.3. The summed E-state index contributed by atoms with van der Waals surface area (Å²) in [5.74, 6) is 0.846. The fraction of sp³-hybridized carbons (Fsp3) is 0.294. The minimum atomic E-state index is -0.108. The Balaban J connectivity index is 1.50. The van der Waals surface area contributed by atoms with Crippen LogP contribution < -0.4 is 10.1 Å². The molecule has 0 saturated heterocycles. The van der Waals surface area contributed by atoms with Gasteiger partial charge in [-0.1, -0.05) is 24.3 Å². The minimum Gasteiger partial charge on any atom is -0.492 e. The maximum absolute atomic E-state index is 12.2. The van der Waals surface area contributed by atoms with Gasteiger partial charge in [0.05, 0.1) is 5.92 Å². The summed E-state index contributed by atoms with van der Waals surface area (Å²) in [7, 11) is 0. The van der Waals surface area contributed by atoms with Gasteiger partial charge in [-0.05, 0) is 30.2 Å². The molecule has 0 spiro atoms. The molecule has 1 aromatic heterocycles. The van der Waals surface area contributed by atoms with E-state index in [0.29, 0.717) is 13.2 Å². The number of carbonyl (C=O) groups is 1. The average Bonchev–Trinajstić information content (AvgIpc) is 2.55. The third-order valence-corrected chi connectivity index (χ3v) is 3.66. The highest BCUT2D eigenvalue weighted by atomic mass is 16.5. The van der Waals surface area contributed by atoms with Crippen molar-refractivity contribution in [3.63, 3.8) is 0 Å². The van der Waals surface area contributed by atoms with E-state index in [1.807, 2.05) is 42.5 Å². The number of rotatable bonds is 4. The summed E-state index contributed by atoms with van der Waals surface area (Å²) in [6.07, 6.45) is 3.26. The van der Waals surface area contributed by atoms with E-state index in [2.05, 4.69) is 10.3 Å². The largest absolute Gasteiger partial charge is 0.492 e. The molecule has 21 heavy (non-hydrogen) atoms. The summed E-state index contributed by atoms with van der Waals surface area (Å²) in [5, 5.41) is 2.97. The number of para-hydroxylation sites is 1. The van der Waals surface area contributed by atoms with Crippen molar-refractivity contribution in [2.24, 2.45) is 5.92 Å². The molecule has 0 fully saturated rings. The number of amides is 1. The summed E-state index contributed by atoms with van der Waals surface area (Å²) in [6, 6.07) is 13.7. The molecule has 1 aromatic carbocycles. The van der Waals surface area contributed by atoms with Crippen molar-refractivity contribution in [1.82, 2.24) is 10.3 Å². The number of benzene rings is 1. The van der Waals surface area contributed by atoms with Crippen LogP contribution in [0.15, 0.2) is 48.7 Å². The Hall–Kier alpha value is -2.36. The van der Waals surface area contributed by atoms with Crippen LogP contribution in [0.25, 0.3) is 0 Å². The van der Waals surface area contributed by atoms with Crippen LogP contribution in [-0.4, -0.2) is 24.0 Å². The van der Waals surface area contributed by atoms with Crippen molar-refractivity contribution >= 4 is 5.91 Å². The van der Waals surface area contributed by atoms with E-state index < -0.39 is 0 Å². The summed E-state index contributed by atoms with van der Waals surface area (Å²) < 4.78 is 5.65. The number of hydrogen-bond acceptors (Lipinski definition) is 3. The van der Waals surface area contributed by atoms with Crippen molar-refractivity contribution in [2.45, 2.75) is 12.8 Å². The molecule has 1 aliphatic heterocycles. The molecule has 2 heterocycles. The van der Waals surface area contributed by atoms with Crippen LogP contribution in [0.5, 0.6) is 5.75 Å². The standard InChI is InChI=1S/C17H18N2O2/c20-17(19-10-8-15-6-3-4-9-18-15)14-11-13-5-1-2-7-16(13)21-12-14/h1-7,9,14H,8,10-12H2,(H,19,20)/t14-/m0/s1. The maximum Gasteiger partial charge on any atom is 0.226 e. The molecule has 0 aliphatic carbocycles. The maximum atomic E-state index is 12.2. The fourth-order valence-electron chi connectivity index (χ4n) is 2.50. The smallest absolute Gasteiger partial charge is 0.226 e. The van der Waals surface area contributed by atoms with Crippen molar-refractivity contribution in [3.8, 4) is 5.75 Å². The van der Waals surface area contributed by atoms with Crippen molar-refractivity contribution < 1.29 is 9.53 Å². The summed E-state index contributed by atoms with van der Waals surface area (Å²) in [4.78, 5) is 16.4. The van der Waals surface area contributed by atoms with Gasteiger partial charge in [0.1, 0.15) is 12.4 Å². The van der Waals surface area contributed by atoms with Crippen LogP contribution in [0.3, 0.4) is 0 Å². The third-order valence-electron chi connectivity index (χ3n) is 3.66. The molecule has 0 saturated carbocycles. The van der Waals surface area contributed by atoms with Crippen molar-refractivity contribution in [1.29, 1.82) is 0 Å². The zero-order chi connectivity index (χ0) is 14.5. The predicted octanol–water partition coefficient (Wildman–Crippen LogP) is 1.99.